The van der Waals surface area contributed by atoms with Crippen LogP contribution in [-0.2, 0) is 10.9 Å². The van der Waals surface area contributed by atoms with E-state index in [2.05, 4.69) is 10.3 Å². The van der Waals surface area contributed by atoms with E-state index in [-0.39, 0.29) is 11.6 Å². The second-order valence-electron chi connectivity index (χ2n) is 5.78. The van der Waals surface area contributed by atoms with Crippen molar-refractivity contribution < 1.29 is 17.9 Å². The van der Waals surface area contributed by atoms with Gasteiger partial charge in [0.25, 0.3) is 0 Å². The van der Waals surface area contributed by atoms with Crippen LogP contribution in [0.5, 0.6) is 0 Å². The standard InChI is InChI=1S/C17H19F3N2O/c18-17(19,20)15-4-2-1-3-14(15)12-5-6-16(21-11-12)22-13-7-9-23-10-8-13/h1-4,11,13H,5-10H2,(H,21,22). The highest BCUT2D eigenvalue weighted by Crippen LogP contribution is 2.36. The van der Waals surface area contributed by atoms with E-state index in [0.717, 1.165) is 38.0 Å². The minimum absolute atomic E-state index is 0.248. The lowest BCUT2D eigenvalue weighted by molar-refractivity contribution is -0.137. The molecule has 1 saturated heterocycles. The van der Waals surface area contributed by atoms with Crippen LogP contribution >= 0.6 is 0 Å². The monoisotopic (exact) mass is 324 g/mol. The van der Waals surface area contributed by atoms with Crippen molar-refractivity contribution >= 4 is 11.4 Å². The number of ether oxygens (including phenoxy) is 1. The van der Waals surface area contributed by atoms with Crippen LogP contribution in [0.3, 0.4) is 0 Å². The molecule has 3 nitrogen and oxygen atoms in total. The van der Waals surface area contributed by atoms with Gasteiger partial charge in [-0.1, -0.05) is 18.2 Å². The molecular formula is C17H19F3N2O. The first-order chi connectivity index (χ1) is 11.0. The average Bonchev–Trinajstić information content (AvgIpc) is 2.56. The molecule has 1 aromatic carbocycles. The lowest BCUT2D eigenvalue weighted by Crippen LogP contribution is -2.27. The summed E-state index contributed by atoms with van der Waals surface area (Å²) in [6.45, 7) is 1.45. The molecule has 2 aliphatic heterocycles. The molecule has 0 amide bonds. The molecule has 1 N–H and O–H groups in total. The number of allylic oxidation sites excluding steroid dienone is 1. The summed E-state index contributed by atoms with van der Waals surface area (Å²) in [6, 6.07) is 5.96. The maximum absolute atomic E-state index is 13.1. The number of alkyl halides is 3. The summed E-state index contributed by atoms with van der Waals surface area (Å²) in [7, 11) is 0. The molecule has 0 spiro atoms. The van der Waals surface area contributed by atoms with E-state index in [1.807, 2.05) is 0 Å². The maximum Gasteiger partial charge on any atom is 0.416 e. The average molecular weight is 324 g/mol. The molecule has 2 aliphatic rings. The summed E-state index contributed by atoms with van der Waals surface area (Å²) in [5, 5.41) is 3.07. The molecule has 124 valence electrons. The number of nitrogens with one attached hydrogen (secondary N) is 1. The van der Waals surface area contributed by atoms with Gasteiger partial charge < -0.3 is 10.1 Å². The molecule has 2 heterocycles. The third kappa shape index (κ3) is 3.93. The van der Waals surface area contributed by atoms with Gasteiger partial charge in [0.2, 0.25) is 0 Å². The Bertz CT molecular complexity index is 617. The fourth-order valence-electron chi connectivity index (χ4n) is 2.93. The molecule has 1 fully saturated rings. The summed E-state index contributed by atoms with van der Waals surface area (Å²) >= 11 is 0. The van der Waals surface area contributed by atoms with Crippen molar-refractivity contribution in [2.24, 2.45) is 4.99 Å². The number of hydrogen-bond donors (Lipinski definition) is 1. The van der Waals surface area contributed by atoms with Crippen molar-refractivity contribution in [3.05, 3.63) is 41.6 Å². The van der Waals surface area contributed by atoms with E-state index in [1.54, 1.807) is 12.3 Å². The van der Waals surface area contributed by atoms with Crippen LogP contribution < -0.4 is 5.32 Å². The highest BCUT2D eigenvalue weighted by Gasteiger charge is 2.34. The number of aliphatic imine (C=N–C) groups is 1. The van der Waals surface area contributed by atoms with Crippen molar-refractivity contribution in [1.82, 2.24) is 5.32 Å². The zero-order chi connectivity index (χ0) is 16.3. The van der Waals surface area contributed by atoms with E-state index in [1.165, 1.54) is 12.1 Å². The van der Waals surface area contributed by atoms with E-state index in [0.29, 0.717) is 18.4 Å². The van der Waals surface area contributed by atoms with Gasteiger partial charge in [0.15, 0.2) is 0 Å². The van der Waals surface area contributed by atoms with Crippen LogP contribution in [0.4, 0.5) is 13.2 Å². The molecule has 0 bridgehead atoms. The van der Waals surface area contributed by atoms with Crippen LogP contribution in [0.15, 0.2) is 35.5 Å². The Morgan fingerprint density at radius 2 is 1.83 bits per heavy atom. The summed E-state index contributed by atoms with van der Waals surface area (Å²) < 4.78 is 44.6. The van der Waals surface area contributed by atoms with Crippen LogP contribution in [-0.4, -0.2) is 25.1 Å². The molecule has 0 aromatic heterocycles. The van der Waals surface area contributed by atoms with Gasteiger partial charge in [-0.2, -0.15) is 13.2 Å². The summed E-state index contributed by atoms with van der Waals surface area (Å²) in [6.07, 6.45) is 0.314. The van der Waals surface area contributed by atoms with Gasteiger partial charge in [-0.05, 0) is 36.5 Å². The Hall–Kier alpha value is -1.82. The van der Waals surface area contributed by atoms with Crippen LogP contribution in [0.1, 0.15) is 36.8 Å². The lowest BCUT2D eigenvalue weighted by atomic mass is 9.94. The SMILES string of the molecule is FC(F)(F)c1ccccc1C1=CNC(=NC2CCOCC2)CC1. The fraction of sp³-hybridized carbons (Fsp3) is 0.471. The van der Waals surface area contributed by atoms with Gasteiger partial charge in [0.1, 0.15) is 5.84 Å². The third-order valence-corrected chi connectivity index (χ3v) is 4.15. The van der Waals surface area contributed by atoms with Gasteiger partial charge in [-0.25, -0.2) is 0 Å². The predicted molar refractivity (Wildman–Crippen MR) is 83.1 cm³/mol. The van der Waals surface area contributed by atoms with Gasteiger partial charge in [-0.3, -0.25) is 4.99 Å². The maximum atomic E-state index is 13.1. The smallest absolute Gasteiger partial charge is 0.381 e. The first-order valence-electron chi connectivity index (χ1n) is 7.80. The minimum Gasteiger partial charge on any atom is -0.381 e. The van der Waals surface area contributed by atoms with Crippen molar-refractivity contribution in [3.63, 3.8) is 0 Å². The molecular weight excluding hydrogens is 305 g/mol. The molecule has 0 unspecified atom stereocenters. The number of amidine groups is 1. The number of nitrogens with zero attached hydrogens (tertiary/aromatic N) is 1. The molecule has 1 aromatic rings. The van der Waals surface area contributed by atoms with Gasteiger partial charge in [0, 0.05) is 25.8 Å². The summed E-state index contributed by atoms with van der Waals surface area (Å²) in [5.74, 6) is 0.852. The quantitative estimate of drug-likeness (QED) is 0.892. The van der Waals surface area contributed by atoms with Crippen molar-refractivity contribution in [2.75, 3.05) is 13.2 Å². The van der Waals surface area contributed by atoms with Gasteiger partial charge in [-0.15, -0.1) is 0 Å². The largest absolute Gasteiger partial charge is 0.416 e. The molecule has 0 aliphatic carbocycles. The van der Waals surface area contributed by atoms with Crippen LogP contribution in [0.2, 0.25) is 0 Å². The Morgan fingerprint density at radius 1 is 1.09 bits per heavy atom. The van der Waals surface area contributed by atoms with Crippen molar-refractivity contribution in [3.8, 4) is 0 Å². The van der Waals surface area contributed by atoms with Crippen LogP contribution in [0, 0.1) is 0 Å². The van der Waals surface area contributed by atoms with Crippen molar-refractivity contribution in [1.29, 1.82) is 0 Å². The molecule has 23 heavy (non-hydrogen) atoms. The number of benzene rings is 1. The lowest BCUT2D eigenvalue weighted by Gasteiger charge is -2.23. The molecule has 0 radical (unpaired) electrons. The third-order valence-electron chi connectivity index (χ3n) is 4.15. The van der Waals surface area contributed by atoms with E-state index in [4.69, 9.17) is 4.74 Å². The predicted octanol–water partition coefficient (Wildman–Crippen LogP) is 4.01. The molecule has 0 atom stereocenters. The first-order valence-corrected chi connectivity index (χ1v) is 7.80. The number of rotatable bonds is 2. The first kappa shape index (κ1) is 16.1. The Balaban J connectivity index is 1.76. The fourth-order valence-corrected chi connectivity index (χ4v) is 2.93. The molecule has 6 heteroatoms. The highest BCUT2D eigenvalue weighted by atomic mass is 19.4. The Kier molecular flexibility index (Phi) is 4.71. The molecule has 0 saturated carbocycles. The second kappa shape index (κ2) is 6.74. The second-order valence-corrected chi connectivity index (χ2v) is 5.78. The normalized spacial score (nSPS) is 21.9. The summed E-state index contributed by atoms with van der Waals surface area (Å²) in [5.41, 5.74) is 0.333. The zero-order valence-electron chi connectivity index (χ0n) is 12.7. The Labute approximate surface area is 133 Å². The van der Waals surface area contributed by atoms with E-state index in [9.17, 15) is 13.2 Å². The summed E-state index contributed by atoms with van der Waals surface area (Å²) in [4.78, 5) is 4.65. The topological polar surface area (TPSA) is 33.6 Å². The Morgan fingerprint density at radius 3 is 2.48 bits per heavy atom. The van der Waals surface area contributed by atoms with Gasteiger partial charge in [0.05, 0.1) is 11.6 Å². The number of hydrogen-bond acceptors (Lipinski definition) is 2. The zero-order valence-corrected chi connectivity index (χ0v) is 12.7. The van der Waals surface area contributed by atoms with Crippen LogP contribution in [0.25, 0.3) is 5.57 Å². The minimum atomic E-state index is -4.34. The number of halogens is 3. The highest BCUT2D eigenvalue weighted by molar-refractivity contribution is 5.89. The van der Waals surface area contributed by atoms with Gasteiger partial charge >= 0.3 is 6.18 Å². The van der Waals surface area contributed by atoms with E-state index >= 15 is 0 Å². The van der Waals surface area contributed by atoms with Crippen molar-refractivity contribution in [2.45, 2.75) is 37.9 Å². The van der Waals surface area contributed by atoms with E-state index < -0.39 is 11.7 Å². The molecule has 3 rings (SSSR count).